The summed E-state index contributed by atoms with van der Waals surface area (Å²) < 4.78 is 1.68. The van der Waals surface area contributed by atoms with Crippen LogP contribution in [0.4, 0.5) is 5.69 Å². The van der Waals surface area contributed by atoms with Gasteiger partial charge in [-0.3, -0.25) is 4.79 Å². The zero-order chi connectivity index (χ0) is 18.5. The molecule has 0 atom stereocenters. The van der Waals surface area contributed by atoms with Crippen molar-refractivity contribution >= 4 is 23.4 Å². The number of aryl methyl sites for hydroxylation is 2. The highest BCUT2D eigenvalue weighted by molar-refractivity contribution is 7.99. The first kappa shape index (κ1) is 18.1. The van der Waals surface area contributed by atoms with Crippen molar-refractivity contribution in [2.75, 3.05) is 11.1 Å². The number of hydrogen-bond donors (Lipinski definition) is 1. The highest BCUT2D eigenvalue weighted by Gasteiger charge is 2.13. The fraction of sp³-hybridized carbons (Fsp3) is 0.263. The van der Waals surface area contributed by atoms with Gasteiger partial charge in [-0.25, -0.2) is 0 Å². The van der Waals surface area contributed by atoms with Crippen LogP contribution < -0.4 is 5.32 Å². The molecule has 0 aliphatic heterocycles. The van der Waals surface area contributed by atoms with Gasteiger partial charge < -0.3 is 5.32 Å². The minimum Gasteiger partial charge on any atom is -0.325 e. The van der Waals surface area contributed by atoms with E-state index in [1.165, 1.54) is 22.9 Å². The smallest absolute Gasteiger partial charge is 0.234 e. The normalized spacial score (nSPS) is 10.7. The van der Waals surface area contributed by atoms with Crippen molar-refractivity contribution in [3.05, 3.63) is 59.2 Å². The Morgan fingerprint density at radius 2 is 1.92 bits per heavy atom. The zero-order valence-corrected chi connectivity index (χ0v) is 15.9. The van der Waals surface area contributed by atoms with Gasteiger partial charge in [0.05, 0.1) is 11.4 Å². The summed E-state index contributed by atoms with van der Waals surface area (Å²) >= 11 is 1.31. The van der Waals surface area contributed by atoms with Crippen LogP contribution in [0.1, 0.15) is 23.6 Å². The first-order valence-electron chi connectivity index (χ1n) is 8.45. The molecule has 0 saturated carbocycles. The molecule has 1 heterocycles. The Labute approximate surface area is 157 Å². The molecule has 1 N–H and O–H groups in total. The molecule has 3 aromatic rings. The largest absolute Gasteiger partial charge is 0.325 e. The molecule has 0 radical (unpaired) electrons. The molecule has 0 bridgehead atoms. The van der Waals surface area contributed by atoms with E-state index in [9.17, 15) is 4.79 Å². The molecule has 6 nitrogen and oxygen atoms in total. The second-order valence-electron chi connectivity index (χ2n) is 5.98. The van der Waals surface area contributed by atoms with E-state index in [0.29, 0.717) is 5.16 Å². The predicted molar refractivity (Wildman–Crippen MR) is 104 cm³/mol. The van der Waals surface area contributed by atoms with Crippen molar-refractivity contribution in [1.29, 1.82) is 0 Å². The van der Waals surface area contributed by atoms with E-state index in [1.54, 1.807) is 4.68 Å². The first-order chi connectivity index (χ1) is 12.6. The average Bonchev–Trinajstić information content (AvgIpc) is 3.11. The van der Waals surface area contributed by atoms with Crippen molar-refractivity contribution in [3.63, 3.8) is 0 Å². The van der Waals surface area contributed by atoms with Crippen LogP contribution in [0.2, 0.25) is 0 Å². The second-order valence-corrected chi connectivity index (χ2v) is 6.92. The van der Waals surface area contributed by atoms with Crippen molar-refractivity contribution in [3.8, 4) is 5.69 Å². The number of carbonyl (C=O) groups excluding carboxylic acids is 1. The van der Waals surface area contributed by atoms with Gasteiger partial charge in [0.15, 0.2) is 0 Å². The van der Waals surface area contributed by atoms with E-state index in [2.05, 4.69) is 27.8 Å². The van der Waals surface area contributed by atoms with Crippen LogP contribution >= 0.6 is 11.8 Å². The molecule has 1 aromatic heterocycles. The maximum absolute atomic E-state index is 12.2. The van der Waals surface area contributed by atoms with Gasteiger partial charge in [-0.05, 0) is 65.6 Å². The maximum Gasteiger partial charge on any atom is 0.234 e. The van der Waals surface area contributed by atoms with Gasteiger partial charge in [0.1, 0.15) is 0 Å². The molecule has 0 unspecified atom stereocenters. The quantitative estimate of drug-likeness (QED) is 0.674. The van der Waals surface area contributed by atoms with Crippen molar-refractivity contribution < 1.29 is 4.79 Å². The summed E-state index contributed by atoms with van der Waals surface area (Å²) in [4.78, 5) is 12.2. The van der Waals surface area contributed by atoms with Crippen LogP contribution in [0.25, 0.3) is 5.69 Å². The number of benzene rings is 2. The number of amides is 1. The number of nitrogens with one attached hydrogen (secondary N) is 1. The summed E-state index contributed by atoms with van der Waals surface area (Å²) in [5.41, 5.74) is 5.24. The Morgan fingerprint density at radius 3 is 2.65 bits per heavy atom. The molecule has 26 heavy (non-hydrogen) atoms. The van der Waals surface area contributed by atoms with Crippen molar-refractivity contribution in [1.82, 2.24) is 20.2 Å². The number of carbonyl (C=O) groups is 1. The van der Waals surface area contributed by atoms with E-state index in [1.807, 2.05) is 56.3 Å². The Kier molecular flexibility index (Phi) is 5.68. The number of rotatable bonds is 6. The minimum absolute atomic E-state index is 0.0882. The third-order valence-corrected chi connectivity index (χ3v) is 5.14. The highest BCUT2D eigenvalue weighted by atomic mass is 32.2. The number of aromatic nitrogens is 4. The van der Waals surface area contributed by atoms with E-state index >= 15 is 0 Å². The summed E-state index contributed by atoms with van der Waals surface area (Å²) in [5, 5.41) is 15.4. The van der Waals surface area contributed by atoms with E-state index in [4.69, 9.17) is 0 Å². The van der Waals surface area contributed by atoms with Crippen LogP contribution in [-0.4, -0.2) is 31.9 Å². The lowest BCUT2D eigenvalue weighted by atomic mass is 10.1. The van der Waals surface area contributed by atoms with Gasteiger partial charge in [0.25, 0.3) is 0 Å². The average molecular weight is 367 g/mol. The third kappa shape index (κ3) is 4.11. The molecule has 1 amide bonds. The maximum atomic E-state index is 12.2. The number of tetrazole rings is 1. The molecule has 134 valence electrons. The predicted octanol–water partition coefficient (Wildman–Crippen LogP) is 3.57. The summed E-state index contributed by atoms with van der Waals surface area (Å²) in [6.45, 7) is 6.19. The highest BCUT2D eigenvalue weighted by Crippen LogP contribution is 2.22. The Morgan fingerprint density at radius 1 is 1.15 bits per heavy atom. The number of anilines is 1. The molecule has 3 rings (SSSR count). The lowest BCUT2D eigenvalue weighted by Gasteiger charge is -2.09. The summed E-state index contributed by atoms with van der Waals surface area (Å²) in [5.74, 6) is 0.149. The molecule has 2 aromatic carbocycles. The van der Waals surface area contributed by atoms with Crippen LogP contribution in [0.3, 0.4) is 0 Å². The summed E-state index contributed by atoms with van der Waals surface area (Å²) in [7, 11) is 0. The lowest BCUT2D eigenvalue weighted by molar-refractivity contribution is -0.113. The molecule has 0 aliphatic rings. The topological polar surface area (TPSA) is 72.7 Å². The molecular formula is C19H21N5OS. The number of hydrogen-bond acceptors (Lipinski definition) is 5. The minimum atomic E-state index is -0.0882. The molecule has 0 saturated heterocycles. The lowest BCUT2D eigenvalue weighted by Crippen LogP contribution is -2.14. The number of nitrogens with zero attached hydrogens (tertiary/aromatic N) is 4. The monoisotopic (exact) mass is 367 g/mol. The third-order valence-electron chi connectivity index (χ3n) is 4.22. The molecular weight excluding hydrogens is 346 g/mol. The zero-order valence-electron chi connectivity index (χ0n) is 15.1. The first-order valence-corrected chi connectivity index (χ1v) is 9.43. The SMILES string of the molecule is CCc1ccc(NC(=O)CSc2nnnn2-c2cccc(C)c2C)cc1. The van der Waals surface area contributed by atoms with Crippen LogP contribution in [0.15, 0.2) is 47.6 Å². The summed E-state index contributed by atoms with van der Waals surface area (Å²) in [6.07, 6.45) is 0.977. The van der Waals surface area contributed by atoms with Gasteiger partial charge in [-0.2, -0.15) is 4.68 Å². The van der Waals surface area contributed by atoms with Crippen molar-refractivity contribution in [2.45, 2.75) is 32.3 Å². The van der Waals surface area contributed by atoms with Gasteiger partial charge in [0.2, 0.25) is 11.1 Å². The fourth-order valence-corrected chi connectivity index (χ4v) is 3.22. The van der Waals surface area contributed by atoms with Crippen LogP contribution in [-0.2, 0) is 11.2 Å². The standard InChI is InChI=1S/C19H21N5OS/c1-4-15-8-10-16(11-9-15)20-18(25)12-26-19-21-22-23-24(19)17-7-5-6-13(2)14(17)3/h5-11H,4,12H2,1-3H3,(H,20,25). The molecule has 0 spiro atoms. The van der Waals surface area contributed by atoms with E-state index in [-0.39, 0.29) is 11.7 Å². The van der Waals surface area contributed by atoms with Crippen molar-refractivity contribution in [2.24, 2.45) is 0 Å². The molecule has 0 fully saturated rings. The van der Waals surface area contributed by atoms with Gasteiger partial charge >= 0.3 is 0 Å². The Bertz CT molecular complexity index is 905. The fourth-order valence-electron chi connectivity index (χ4n) is 2.54. The Hall–Kier alpha value is -2.67. The van der Waals surface area contributed by atoms with Gasteiger partial charge in [-0.1, -0.05) is 43.0 Å². The molecule has 0 aliphatic carbocycles. The molecule has 7 heteroatoms. The summed E-state index contributed by atoms with van der Waals surface area (Å²) in [6, 6.07) is 13.9. The Balaban J connectivity index is 1.66. The number of thioether (sulfide) groups is 1. The van der Waals surface area contributed by atoms with Gasteiger partial charge in [0, 0.05) is 5.69 Å². The van der Waals surface area contributed by atoms with Crippen LogP contribution in [0.5, 0.6) is 0 Å². The van der Waals surface area contributed by atoms with Crippen LogP contribution in [0, 0.1) is 13.8 Å². The second kappa shape index (κ2) is 8.14. The van der Waals surface area contributed by atoms with E-state index in [0.717, 1.165) is 23.4 Å². The van der Waals surface area contributed by atoms with Gasteiger partial charge in [-0.15, -0.1) is 5.10 Å². The van der Waals surface area contributed by atoms with E-state index < -0.39 is 0 Å².